The second kappa shape index (κ2) is 5.88. The highest BCUT2D eigenvalue weighted by Gasteiger charge is 2.38. The zero-order valence-corrected chi connectivity index (χ0v) is 13.7. The second-order valence-corrected chi connectivity index (χ2v) is 7.11. The molecule has 3 nitrogen and oxygen atoms in total. The van der Waals surface area contributed by atoms with E-state index in [4.69, 9.17) is 0 Å². The zero-order valence-electron chi connectivity index (χ0n) is 13.7. The Morgan fingerprint density at radius 3 is 2.38 bits per heavy atom. The lowest BCUT2D eigenvalue weighted by Crippen LogP contribution is -2.64. The van der Waals surface area contributed by atoms with E-state index in [1.54, 1.807) is 0 Å². The van der Waals surface area contributed by atoms with Crippen LogP contribution in [0.1, 0.15) is 39.0 Å². The van der Waals surface area contributed by atoms with Gasteiger partial charge in [0.1, 0.15) is 0 Å². The fourth-order valence-corrected chi connectivity index (χ4v) is 3.86. The number of nitrogens with zero attached hydrogens (tertiary/aromatic N) is 2. The van der Waals surface area contributed by atoms with Gasteiger partial charge in [0.05, 0.1) is 0 Å². The number of anilines is 2. The van der Waals surface area contributed by atoms with Crippen molar-refractivity contribution in [2.75, 3.05) is 37.0 Å². The van der Waals surface area contributed by atoms with Crippen LogP contribution in [0.5, 0.6) is 0 Å². The molecule has 1 aromatic carbocycles. The third-order valence-electron chi connectivity index (χ3n) is 5.29. The molecule has 0 amide bonds. The summed E-state index contributed by atoms with van der Waals surface area (Å²) in [6.45, 7) is 4.60. The van der Waals surface area contributed by atoms with E-state index in [-0.39, 0.29) is 0 Å². The van der Waals surface area contributed by atoms with Gasteiger partial charge in [-0.15, -0.1) is 0 Å². The van der Waals surface area contributed by atoms with Gasteiger partial charge in [-0.05, 0) is 44.0 Å². The minimum Gasteiger partial charge on any atom is -0.378 e. The highest BCUT2D eigenvalue weighted by molar-refractivity contribution is 5.56. The van der Waals surface area contributed by atoms with Crippen molar-refractivity contribution in [1.29, 1.82) is 0 Å². The number of nitrogens with one attached hydrogen (secondary N) is 1. The van der Waals surface area contributed by atoms with Gasteiger partial charge in [0, 0.05) is 50.1 Å². The maximum absolute atomic E-state index is 3.86. The van der Waals surface area contributed by atoms with Gasteiger partial charge in [0.2, 0.25) is 0 Å². The Balaban J connectivity index is 1.78. The lowest BCUT2D eigenvalue weighted by molar-refractivity contribution is 0.200. The van der Waals surface area contributed by atoms with Gasteiger partial charge in [0.15, 0.2) is 0 Å². The molecule has 0 radical (unpaired) electrons. The van der Waals surface area contributed by atoms with Crippen LogP contribution in [0.15, 0.2) is 24.3 Å². The maximum atomic E-state index is 3.86. The summed E-state index contributed by atoms with van der Waals surface area (Å²) in [5, 5.41) is 3.86. The van der Waals surface area contributed by atoms with Crippen molar-refractivity contribution >= 4 is 11.4 Å². The normalized spacial score (nSPS) is 25.1. The quantitative estimate of drug-likeness (QED) is 0.901. The summed E-state index contributed by atoms with van der Waals surface area (Å²) >= 11 is 0. The Labute approximate surface area is 129 Å². The number of hydrogen-bond acceptors (Lipinski definition) is 3. The van der Waals surface area contributed by atoms with Crippen molar-refractivity contribution in [3.05, 3.63) is 24.3 Å². The molecular weight excluding hydrogens is 258 g/mol. The van der Waals surface area contributed by atoms with E-state index in [1.807, 2.05) is 0 Å². The molecule has 3 rings (SSSR count). The minimum absolute atomic E-state index is 0.366. The minimum atomic E-state index is 0.366. The molecular formula is C18H29N3. The molecule has 116 valence electrons. The zero-order chi connectivity index (χ0) is 14.9. The van der Waals surface area contributed by atoms with Crippen molar-refractivity contribution in [2.24, 2.45) is 0 Å². The van der Waals surface area contributed by atoms with Crippen molar-refractivity contribution in [3.8, 4) is 0 Å². The lowest BCUT2D eigenvalue weighted by atomic mass is 9.79. The van der Waals surface area contributed by atoms with Gasteiger partial charge in [-0.3, -0.25) is 0 Å². The molecule has 1 saturated carbocycles. The topological polar surface area (TPSA) is 18.5 Å². The maximum Gasteiger partial charge on any atom is 0.0387 e. The highest BCUT2D eigenvalue weighted by atomic mass is 15.3. The number of rotatable bonds is 2. The van der Waals surface area contributed by atoms with Crippen LogP contribution in [-0.4, -0.2) is 38.8 Å². The Hall–Kier alpha value is -1.22. The van der Waals surface area contributed by atoms with Crippen molar-refractivity contribution in [2.45, 2.75) is 50.6 Å². The van der Waals surface area contributed by atoms with Crippen LogP contribution in [0.2, 0.25) is 0 Å². The monoisotopic (exact) mass is 287 g/mol. The van der Waals surface area contributed by atoms with Gasteiger partial charge in [0.25, 0.3) is 0 Å². The van der Waals surface area contributed by atoms with Gasteiger partial charge in [-0.2, -0.15) is 0 Å². The average Bonchev–Trinajstić information content (AvgIpc) is 2.51. The molecule has 3 heteroatoms. The standard InChI is InChI=1S/C18H29N3/c1-15-13-19-18(11-5-4-6-12-18)14-21(15)17-9-7-16(8-10-17)20(2)3/h7-10,15,19H,4-6,11-14H2,1-3H3. The molecule has 1 aromatic rings. The second-order valence-electron chi connectivity index (χ2n) is 7.11. The molecule has 1 spiro atoms. The summed E-state index contributed by atoms with van der Waals surface area (Å²) in [4.78, 5) is 4.77. The van der Waals surface area contributed by atoms with Gasteiger partial charge in [-0.25, -0.2) is 0 Å². The van der Waals surface area contributed by atoms with Crippen LogP contribution in [0.25, 0.3) is 0 Å². The SMILES string of the molecule is CC1CNC2(CCCCC2)CN1c1ccc(N(C)C)cc1. The van der Waals surface area contributed by atoms with Crippen molar-refractivity contribution in [3.63, 3.8) is 0 Å². The van der Waals surface area contributed by atoms with E-state index in [1.165, 1.54) is 43.5 Å². The summed E-state index contributed by atoms with van der Waals surface area (Å²) in [5.74, 6) is 0. The third kappa shape index (κ3) is 3.03. The Kier molecular flexibility index (Phi) is 4.12. The highest BCUT2D eigenvalue weighted by Crippen LogP contribution is 2.34. The Morgan fingerprint density at radius 1 is 1.10 bits per heavy atom. The number of piperazine rings is 1. The molecule has 0 bridgehead atoms. The molecule has 1 aliphatic heterocycles. The first kappa shape index (κ1) is 14.7. The van der Waals surface area contributed by atoms with Crippen LogP contribution >= 0.6 is 0 Å². The van der Waals surface area contributed by atoms with E-state index in [0.717, 1.165) is 13.1 Å². The molecule has 21 heavy (non-hydrogen) atoms. The smallest absolute Gasteiger partial charge is 0.0387 e. The van der Waals surface area contributed by atoms with E-state index in [9.17, 15) is 0 Å². The van der Waals surface area contributed by atoms with E-state index >= 15 is 0 Å². The molecule has 0 aromatic heterocycles. The summed E-state index contributed by atoms with van der Waals surface area (Å²) in [6.07, 6.45) is 6.86. The molecule has 2 aliphatic rings. The summed E-state index contributed by atoms with van der Waals surface area (Å²) in [6, 6.07) is 9.61. The Morgan fingerprint density at radius 2 is 1.76 bits per heavy atom. The third-order valence-corrected chi connectivity index (χ3v) is 5.29. The van der Waals surface area contributed by atoms with E-state index in [0.29, 0.717) is 11.6 Å². The average molecular weight is 287 g/mol. The van der Waals surface area contributed by atoms with E-state index in [2.05, 4.69) is 60.4 Å². The number of benzene rings is 1. The van der Waals surface area contributed by atoms with Crippen molar-refractivity contribution < 1.29 is 0 Å². The summed E-state index contributed by atoms with van der Waals surface area (Å²) in [7, 11) is 4.19. The summed E-state index contributed by atoms with van der Waals surface area (Å²) in [5.41, 5.74) is 3.01. The van der Waals surface area contributed by atoms with Crippen LogP contribution in [0.4, 0.5) is 11.4 Å². The molecule has 1 heterocycles. The molecule has 1 atom stereocenters. The Bertz CT molecular complexity index is 460. The molecule has 1 unspecified atom stereocenters. The van der Waals surface area contributed by atoms with Gasteiger partial charge >= 0.3 is 0 Å². The van der Waals surface area contributed by atoms with Crippen LogP contribution < -0.4 is 15.1 Å². The predicted octanol–water partition coefficient (Wildman–Crippen LogP) is 3.25. The van der Waals surface area contributed by atoms with E-state index < -0.39 is 0 Å². The molecule has 2 fully saturated rings. The van der Waals surface area contributed by atoms with Gasteiger partial charge in [-0.1, -0.05) is 19.3 Å². The first-order valence-electron chi connectivity index (χ1n) is 8.39. The van der Waals surface area contributed by atoms with Crippen LogP contribution in [-0.2, 0) is 0 Å². The number of hydrogen-bond donors (Lipinski definition) is 1. The van der Waals surface area contributed by atoms with Crippen LogP contribution in [0.3, 0.4) is 0 Å². The fourth-order valence-electron chi connectivity index (χ4n) is 3.86. The first-order valence-corrected chi connectivity index (χ1v) is 8.39. The lowest BCUT2D eigenvalue weighted by Gasteiger charge is -2.50. The molecule has 1 N–H and O–H groups in total. The summed E-state index contributed by atoms with van der Waals surface area (Å²) < 4.78 is 0. The largest absolute Gasteiger partial charge is 0.378 e. The molecule has 1 saturated heterocycles. The first-order chi connectivity index (χ1) is 10.1. The van der Waals surface area contributed by atoms with Crippen LogP contribution in [0, 0.1) is 0 Å². The van der Waals surface area contributed by atoms with Crippen molar-refractivity contribution in [1.82, 2.24) is 5.32 Å². The fraction of sp³-hybridized carbons (Fsp3) is 0.667. The van der Waals surface area contributed by atoms with Gasteiger partial charge < -0.3 is 15.1 Å². The predicted molar refractivity (Wildman–Crippen MR) is 91.4 cm³/mol. The molecule has 1 aliphatic carbocycles.